The van der Waals surface area contributed by atoms with Crippen molar-refractivity contribution in [1.82, 2.24) is 0 Å². The van der Waals surface area contributed by atoms with E-state index in [0.29, 0.717) is 6.61 Å². The van der Waals surface area contributed by atoms with E-state index in [-0.39, 0.29) is 5.41 Å². The van der Waals surface area contributed by atoms with E-state index in [9.17, 15) is 0 Å². The van der Waals surface area contributed by atoms with Crippen LogP contribution in [0.1, 0.15) is 45.1 Å². The van der Waals surface area contributed by atoms with Crippen LogP contribution in [0, 0.1) is 5.41 Å². The molecule has 2 nitrogen and oxygen atoms in total. The van der Waals surface area contributed by atoms with Crippen LogP contribution < -0.4 is 5.73 Å². The van der Waals surface area contributed by atoms with Gasteiger partial charge in [-0.1, -0.05) is 57.0 Å². The average Bonchev–Trinajstić information content (AvgIpc) is 2.44. The van der Waals surface area contributed by atoms with Gasteiger partial charge in [-0.15, -0.1) is 0 Å². The first kappa shape index (κ1) is 15.2. The average molecular weight is 249 g/mol. The van der Waals surface area contributed by atoms with E-state index < -0.39 is 0 Å². The molecule has 1 unspecified atom stereocenters. The Hall–Kier alpha value is -0.860. The maximum absolute atomic E-state index is 5.96. The zero-order valence-electron chi connectivity index (χ0n) is 11.8. The van der Waals surface area contributed by atoms with Gasteiger partial charge < -0.3 is 10.5 Å². The lowest BCUT2D eigenvalue weighted by Gasteiger charge is -2.31. The van der Waals surface area contributed by atoms with Crippen LogP contribution in [0.2, 0.25) is 0 Å². The molecule has 1 aromatic rings. The molecule has 0 saturated heterocycles. The molecule has 0 aliphatic rings. The largest absolute Gasteiger partial charge is 0.376 e. The molecule has 0 radical (unpaired) electrons. The second kappa shape index (κ2) is 8.28. The van der Waals surface area contributed by atoms with Crippen LogP contribution in [0.15, 0.2) is 30.3 Å². The van der Waals surface area contributed by atoms with Gasteiger partial charge in [0, 0.05) is 12.0 Å². The van der Waals surface area contributed by atoms with Gasteiger partial charge in [0.1, 0.15) is 0 Å². The molecule has 0 saturated carbocycles. The molecule has 1 rings (SSSR count). The van der Waals surface area contributed by atoms with Crippen molar-refractivity contribution in [2.45, 2.75) is 46.1 Å². The van der Waals surface area contributed by atoms with Crippen molar-refractivity contribution in [2.24, 2.45) is 11.1 Å². The third-order valence-electron chi connectivity index (χ3n) is 3.76. The van der Waals surface area contributed by atoms with Gasteiger partial charge in [-0.05, 0) is 18.4 Å². The van der Waals surface area contributed by atoms with Crippen LogP contribution in [-0.2, 0) is 11.3 Å². The van der Waals surface area contributed by atoms with E-state index in [1.165, 1.54) is 24.8 Å². The molecule has 0 aromatic heterocycles. The number of rotatable bonds is 9. The van der Waals surface area contributed by atoms with Crippen molar-refractivity contribution < 1.29 is 4.74 Å². The van der Waals surface area contributed by atoms with Crippen molar-refractivity contribution in [2.75, 3.05) is 13.2 Å². The van der Waals surface area contributed by atoms with Gasteiger partial charge in [-0.25, -0.2) is 0 Å². The summed E-state index contributed by atoms with van der Waals surface area (Å²) in [7, 11) is 0. The summed E-state index contributed by atoms with van der Waals surface area (Å²) in [6, 6.07) is 10.3. The van der Waals surface area contributed by atoms with Crippen LogP contribution in [0.3, 0.4) is 0 Å². The first-order valence-electron chi connectivity index (χ1n) is 7.08. The summed E-state index contributed by atoms with van der Waals surface area (Å²) < 4.78 is 5.88. The van der Waals surface area contributed by atoms with Crippen molar-refractivity contribution in [1.29, 1.82) is 0 Å². The quantitative estimate of drug-likeness (QED) is 0.723. The third-order valence-corrected chi connectivity index (χ3v) is 3.76. The van der Waals surface area contributed by atoms with Gasteiger partial charge in [0.05, 0.1) is 13.2 Å². The molecule has 2 heteroatoms. The standard InChI is InChI=1S/C16H27NO/c1-3-5-11-16(4-2,13-17)14-18-12-15-9-7-6-8-10-15/h6-10H,3-5,11-14,17H2,1-2H3. The summed E-state index contributed by atoms with van der Waals surface area (Å²) in [5, 5.41) is 0. The molecule has 0 fully saturated rings. The van der Waals surface area contributed by atoms with Gasteiger partial charge in [0.15, 0.2) is 0 Å². The van der Waals surface area contributed by atoms with E-state index >= 15 is 0 Å². The molecule has 0 heterocycles. The topological polar surface area (TPSA) is 35.2 Å². The Balaban J connectivity index is 2.42. The highest BCUT2D eigenvalue weighted by Crippen LogP contribution is 2.28. The fourth-order valence-electron chi connectivity index (χ4n) is 2.17. The molecule has 0 spiro atoms. The first-order chi connectivity index (χ1) is 8.76. The van der Waals surface area contributed by atoms with Crippen molar-refractivity contribution in [3.8, 4) is 0 Å². The predicted molar refractivity (Wildman–Crippen MR) is 77.4 cm³/mol. The van der Waals surface area contributed by atoms with Crippen molar-refractivity contribution in [3.05, 3.63) is 35.9 Å². The molecule has 102 valence electrons. The molecule has 1 aromatic carbocycles. The molecule has 1 atom stereocenters. The zero-order valence-corrected chi connectivity index (χ0v) is 11.8. The summed E-state index contributed by atoms with van der Waals surface area (Å²) in [6.07, 6.45) is 4.73. The van der Waals surface area contributed by atoms with Crippen LogP contribution in [0.25, 0.3) is 0 Å². The van der Waals surface area contributed by atoms with Crippen LogP contribution >= 0.6 is 0 Å². The molecule has 18 heavy (non-hydrogen) atoms. The maximum Gasteiger partial charge on any atom is 0.0717 e. The Kier molecular flexibility index (Phi) is 6.99. The zero-order chi connectivity index (χ0) is 13.3. The minimum Gasteiger partial charge on any atom is -0.376 e. The predicted octanol–water partition coefficient (Wildman–Crippen LogP) is 3.75. The number of hydrogen-bond acceptors (Lipinski definition) is 2. The number of nitrogens with two attached hydrogens (primary N) is 1. The van der Waals surface area contributed by atoms with Gasteiger partial charge in [0.25, 0.3) is 0 Å². The summed E-state index contributed by atoms with van der Waals surface area (Å²) >= 11 is 0. The number of ether oxygens (including phenoxy) is 1. The molecular weight excluding hydrogens is 222 g/mol. The lowest BCUT2D eigenvalue weighted by atomic mass is 9.81. The summed E-state index contributed by atoms with van der Waals surface area (Å²) in [6.45, 7) is 6.62. The second-order valence-corrected chi connectivity index (χ2v) is 5.14. The van der Waals surface area contributed by atoms with Gasteiger partial charge >= 0.3 is 0 Å². The van der Waals surface area contributed by atoms with E-state index in [2.05, 4.69) is 26.0 Å². The van der Waals surface area contributed by atoms with Gasteiger partial charge in [0.2, 0.25) is 0 Å². The Morgan fingerprint density at radius 1 is 1.17 bits per heavy atom. The Morgan fingerprint density at radius 3 is 2.44 bits per heavy atom. The van der Waals surface area contributed by atoms with Crippen molar-refractivity contribution in [3.63, 3.8) is 0 Å². The lowest BCUT2D eigenvalue weighted by molar-refractivity contribution is 0.0289. The van der Waals surface area contributed by atoms with E-state index in [4.69, 9.17) is 10.5 Å². The smallest absolute Gasteiger partial charge is 0.0717 e. The summed E-state index contributed by atoms with van der Waals surface area (Å²) in [4.78, 5) is 0. The van der Waals surface area contributed by atoms with E-state index in [0.717, 1.165) is 19.6 Å². The second-order valence-electron chi connectivity index (χ2n) is 5.14. The fraction of sp³-hybridized carbons (Fsp3) is 0.625. The number of benzene rings is 1. The molecule has 0 bridgehead atoms. The van der Waals surface area contributed by atoms with Gasteiger partial charge in [-0.3, -0.25) is 0 Å². The molecule has 0 aliphatic carbocycles. The Labute approximate surface area is 112 Å². The number of hydrogen-bond donors (Lipinski definition) is 1. The summed E-state index contributed by atoms with van der Waals surface area (Å²) in [5.74, 6) is 0. The SMILES string of the molecule is CCCCC(CC)(CN)COCc1ccccc1. The summed E-state index contributed by atoms with van der Waals surface area (Å²) in [5.41, 5.74) is 7.36. The molecule has 0 aliphatic heterocycles. The highest BCUT2D eigenvalue weighted by molar-refractivity contribution is 5.13. The van der Waals surface area contributed by atoms with Crippen LogP contribution in [0.5, 0.6) is 0 Å². The lowest BCUT2D eigenvalue weighted by Crippen LogP contribution is -2.34. The van der Waals surface area contributed by atoms with Crippen LogP contribution in [0.4, 0.5) is 0 Å². The van der Waals surface area contributed by atoms with E-state index in [1.807, 2.05) is 18.2 Å². The maximum atomic E-state index is 5.96. The number of unbranched alkanes of at least 4 members (excludes halogenated alkanes) is 1. The minimum atomic E-state index is 0.171. The van der Waals surface area contributed by atoms with Gasteiger partial charge in [-0.2, -0.15) is 0 Å². The Morgan fingerprint density at radius 2 is 1.89 bits per heavy atom. The van der Waals surface area contributed by atoms with Crippen LogP contribution in [-0.4, -0.2) is 13.2 Å². The molecular formula is C16H27NO. The third kappa shape index (κ3) is 4.79. The highest BCUT2D eigenvalue weighted by Gasteiger charge is 2.26. The normalized spacial score (nSPS) is 14.4. The van der Waals surface area contributed by atoms with Crippen molar-refractivity contribution >= 4 is 0 Å². The first-order valence-corrected chi connectivity index (χ1v) is 7.08. The fourth-order valence-corrected chi connectivity index (χ4v) is 2.17. The van der Waals surface area contributed by atoms with E-state index in [1.54, 1.807) is 0 Å². The highest BCUT2D eigenvalue weighted by atomic mass is 16.5. The Bertz CT molecular complexity index is 306. The molecule has 0 amide bonds. The monoisotopic (exact) mass is 249 g/mol. The minimum absolute atomic E-state index is 0.171. The molecule has 2 N–H and O–H groups in total.